The standard InChI is InChI=1S/C8H4BrN3S2/c9-5-1-7(13-3-5)6-2-12-8(11-6)14-4-10-12/h1-4H. The lowest BCUT2D eigenvalue weighted by Gasteiger charge is -1.84. The maximum absolute atomic E-state index is 4.46. The average Bonchev–Trinajstić information content (AvgIpc) is 2.75. The second kappa shape index (κ2) is 3.15. The number of nitrogens with zero attached hydrogens (tertiary/aromatic N) is 3. The molecule has 0 bridgehead atoms. The highest BCUT2D eigenvalue weighted by Gasteiger charge is 2.07. The van der Waals surface area contributed by atoms with E-state index >= 15 is 0 Å². The minimum absolute atomic E-state index is 0.935. The van der Waals surface area contributed by atoms with E-state index < -0.39 is 0 Å². The first kappa shape index (κ1) is 8.58. The molecule has 14 heavy (non-hydrogen) atoms. The van der Waals surface area contributed by atoms with Crippen LogP contribution in [0.2, 0.25) is 0 Å². The predicted molar refractivity (Wildman–Crippen MR) is 61.9 cm³/mol. The summed E-state index contributed by atoms with van der Waals surface area (Å²) in [5.74, 6) is 0. The van der Waals surface area contributed by atoms with Crippen LogP contribution in [0.15, 0.2) is 27.6 Å². The molecule has 3 heterocycles. The average molecular weight is 286 g/mol. The second-order valence-corrected chi connectivity index (χ2v) is 5.36. The summed E-state index contributed by atoms with van der Waals surface area (Å²) in [6, 6.07) is 2.07. The van der Waals surface area contributed by atoms with Gasteiger partial charge in [-0.3, -0.25) is 0 Å². The summed E-state index contributed by atoms with van der Waals surface area (Å²) in [6.45, 7) is 0. The van der Waals surface area contributed by atoms with Crippen LogP contribution in [0.3, 0.4) is 0 Å². The highest BCUT2D eigenvalue weighted by atomic mass is 79.9. The predicted octanol–water partition coefficient (Wildman–Crippen LogP) is 3.28. The van der Waals surface area contributed by atoms with Gasteiger partial charge in [0.25, 0.3) is 0 Å². The Balaban J connectivity index is 2.18. The van der Waals surface area contributed by atoms with Crippen molar-refractivity contribution in [3.05, 3.63) is 27.6 Å². The van der Waals surface area contributed by atoms with E-state index in [4.69, 9.17) is 0 Å². The van der Waals surface area contributed by atoms with E-state index in [1.807, 2.05) is 6.20 Å². The molecule has 0 spiro atoms. The van der Waals surface area contributed by atoms with Gasteiger partial charge in [-0.1, -0.05) is 11.3 Å². The van der Waals surface area contributed by atoms with E-state index in [2.05, 4.69) is 37.5 Å². The van der Waals surface area contributed by atoms with Crippen molar-refractivity contribution in [2.45, 2.75) is 0 Å². The third-order valence-corrected chi connectivity index (χ3v) is 4.21. The molecular weight excluding hydrogens is 282 g/mol. The molecule has 0 saturated heterocycles. The summed E-state index contributed by atoms with van der Waals surface area (Å²) in [4.78, 5) is 6.56. The van der Waals surface area contributed by atoms with Gasteiger partial charge in [-0.05, 0) is 22.0 Å². The number of hydrogen-bond acceptors (Lipinski definition) is 4. The van der Waals surface area contributed by atoms with Gasteiger partial charge in [0, 0.05) is 9.85 Å². The van der Waals surface area contributed by atoms with Crippen LogP contribution >= 0.6 is 38.6 Å². The number of rotatable bonds is 1. The Bertz CT molecular complexity index is 551. The lowest BCUT2D eigenvalue weighted by molar-refractivity contribution is 0.974. The van der Waals surface area contributed by atoms with Crippen molar-refractivity contribution < 1.29 is 0 Å². The van der Waals surface area contributed by atoms with Gasteiger partial charge in [0.05, 0.1) is 11.1 Å². The maximum atomic E-state index is 4.46. The van der Waals surface area contributed by atoms with Gasteiger partial charge in [-0.2, -0.15) is 5.10 Å². The van der Waals surface area contributed by atoms with Crippen LogP contribution in [0.25, 0.3) is 15.5 Å². The molecule has 3 nitrogen and oxygen atoms in total. The van der Waals surface area contributed by atoms with E-state index in [1.165, 1.54) is 0 Å². The minimum atomic E-state index is 0.935. The molecule has 0 radical (unpaired) electrons. The zero-order chi connectivity index (χ0) is 9.54. The molecule has 0 amide bonds. The fourth-order valence-electron chi connectivity index (χ4n) is 1.20. The van der Waals surface area contributed by atoms with Gasteiger partial charge in [0.15, 0.2) is 0 Å². The van der Waals surface area contributed by atoms with Gasteiger partial charge in [-0.15, -0.1) is 11.3 Å². The lowest BCUT2D eigenvalue weighted by atomic mass is 10.4. The molecule has 3 aromatic heterocycles. The van der Waals surface area contributed by atoms with Crippen molar-refractivity contribution in [2.24, 2.45) is 0 Å². The summed E-state index contributed by atoms with van der Waals surface area (Å²) >= 11 is 6.65. The number of halogens is 1. The van der Waals surface area contributed by atoms with Gasteiger partial charge >= 0.3 is 0 Å². The molecule has 0 aliphatic carbocycles. The molecule has 0 aromatic carbocycles. The summed E-state index contributed by atoms with van der Waals surface area (Å²) in [7, 11) is 0. The van der Waals surface area contributed by atoms with Gasteiger partial charge in [-0.25, -0.2) is 9.50 Å². The molecule has 0 atom stereocenters. The molecule has 3 aromatic rings. The first-order valence-electron chi connectivity index (χ1n) is 3.86. The zero-order valence-corrected chi connectivity index (χ0v) is 10.1. The van der Waals surface area contributed by atoms with E-state index in [0.717, 1.165) is 20.0 Å². The first-order valence-corrected chi connectivity index (χ1v) is 6.41. The van der Waals surface area contributed by atoms with Crippen molar-refractivity contribution >= 4 is 43.6 Å². The van der Waals surface area contributed by atoms with Crippen molar-refractivity contribution in [3.8, 4) is 10.6 Å². The molecule has 6 heteroatoms. The lowest BCUT2D eigenvalue weighted by Crippen LogP contribution is -1.75. The van der Waals surface area contributed by atoms with Crippen LogP contribution in [0.4, 0.5) is 0 Å². The molecule has 0 aliphatic rings. The first-order chi connectivity index (χ1) is 6.83. The summed E-state index contributed by atoms with van der Waals surface area (Å²) < 4.78 is 2.90. The Labute approximate surface area is 96.2 Å². The SMILES string of the molecule is Brc1csc(-c2cn3ncsc3n2)c1. The normalized spacial score (nSPS) is 11.2. The van der Waals surface area contributed by atoms with Gasteiger partial charge in [0.1, 0.15) is 11.2 Å². The number of thiophene rings is 1. The topological polar surface area (TPSA) is 30.2 Å². The van der Waals surface area contributed by atoms with Crippen LogP contribution < -0.4 is 0 Å². The highest BCUT2D eigenvalue weighted by molar-refractivity contribution is 9.10. The van der Waals surface area contributed by atoms with Crippen molar-refractivity contribution in [3.63, 3.8) is 0 Å². The Morgan fingerprint density at radius 1 is 1.36 bits per heavy atom. The molecule has 0 N–H and O–H groups in total. The maximum Gasteiger partial charge on any atom is 0.212 e. The summed E-state index contributed by atoms with van der Waals surface area (Å²) in [5.41, 5.74) is 2.77. The molecule has 0 fully saturated rings. The molecule has 0 aliphatic heterocycles. The fourth-order valence-corrected chi connectivity index (χ4v) is 3.19. The van der Waals surface area contributed by atoms with Crippen LogP contribution in [0.1, 0.15) is 0 Å². The van der Waals surface area contributed by atoms with Crippen LogP contribution in [-0.4, -0.2) is 14.6 Å². The van der Waals surface area contributed by atoms with Crippen molar-refractivity contribution in [1.29, 1.82) is 0 Å². The third-order valence-electron chi connectivity index (χ3n) is 1.81. The van der Waals surface area contributed by atoms with Crippen LogP contribution in [-0.2, 0) is 0 Å². The molecule has 0 saturated carbocycles. The quantitative estimate of drug-likeness (QED) is 0.687. The number of imidazole rings is 1. The van der Waals surface area contributed by atoms with E-state index in [1.54, 1.807) is 32.7 Å². The molecular formula is C8H4BrN3S2. The zero-order valence-electron chi connectivity index (χ0n) is 6.85. The molecule has 3 rings (SSSR count). The monoisotopic (exact) mass is 285 g/mol. The number of hydrogen-bond donors (Lipinski definition) is 0. The molecule has 70 valence electrons. The fraction of sp³-hybridized carbons (Fsp3) is 0. The van der Waals surface area contributed by atoms with Crippen molar-refractivity contribution in [2.75, 3.05) is 0 Å². The Morgan fingerprint density at radius 2 is 2.29 bits per heavy atom. The van der Waals surface area contributed by atoms with Crippen molar-refractivity contribution in [1.82, 2.24) is 14.6 Å². The summed E-state index contributed by atoms with van der Waals surface area (Å²) in [5, 5.41) is 6.19. The Morgan fingerprint density at radius 3 is 3.00 bits per heavy atom. The van der Waals surface area contributed by atoms with Crippen LogP contribution in [0.5, 0.6) is 0 Å². The smallest absolute Gasteiger partial charge is 0.212 e. The van der Waals surface area contributed by atoms with Gasteiger partial charge in [0.2, 0.25) is 4.96 Å². The minimum Gasteiger partial charge on any atom is -0.217 e. The van der Waals surface area contributed by atoms with Gasteiger partial charge < -0.3 is 0 Å². The van der Waals surface area contributed by atoms with E-state index in [0.29, 0.717) is 0 Å². The summed E-state index contributed by atoms with van der Waals surface area (Å²) in [6.07, 6.45) is 1.95. The number of fused-ring (bicyclic) bond motifs is 1. The van der Waals surface area contributed by atoms with E-state index in [9.17, 15) is 0 Å². The number of aromatic nitrogens is 3. The Hall–Kier alpha value is -0.720. The van der Waals surface area contributed by atoms with E-state index in [-0.39, 0.29) is 0 Å². The van der Waals surface area contributed by atoms with Crippen LogP contribution in [0, 0.1) is 0 Å². The largest absolute Gasteiger partial charge is 0.217 e. The third kappa shape index (κ3) is 1.30. The second-order valence-electron chi connectivity index (χ2n) is 2.72. The molecule has 0 unspecified atom stereocenters. The highest BCUT2D eigenvalue weighted by Crippen LogP contribution is 2.29. The Kier molecular flexibility index (Phi) is 1.93.